The van der Waals surface area contributed by atoms with Crippen LogP contribution in [0.15, 0.2) is 18.2 Å². The van der Waals surface area contributed by atoms with Crippen LogP contribution in [0.25, 0.3) is 0 Å². The second kappa shape index (κ2) is 9.07. The minimum absolute atomic E-state index is 0.317. The first-order valence-electron chi connectivity index (χ1n) is 8.24. The highest BCUT2D eigenvalue weighted by Crippen LogP contribution is 2.31. The zero-order valence-electron chi connectivity index (χ0n) is 13.8. The van der Waals surface area contributed by atoms with Gasteiger partial charge in [-0.2, -0.15) is 0 Å². The summed E-state index contributed by atoms with van der Waals surface area (Å²) < 4.78 is 1.40. The molecule has 0 amide bonds. The molecule has 0 atom stereocenters. The first kappa shape index (κ1) is 18.0. The Morgan fingerprint density at radius 1 is 0.950 bits per heavy atom. The van der Waals surface area contributed by atoms with E-state index in [0.717, 1.165) is 0 Å². The molecule has 1 heteroatoms. The number of unbranched alkanes of at least 4 members (excludes halogenated alkanes) is 6. The Kier molecular flexibility index (Phi) is 8.16. The molecule has 0 unspecified atom stereocenters. The number of hydrogen-bond donors (Lipinski definition) is 0. The maximum Gasteiger partial charge on any atom is 0.0162 e. The van der Waals surface area contributed by atoms with Crippen molar-refractivity contribution in [3.8, 4) is 0 Å². The number of aryl methyl sites for hydroxylation is 1. The molecule has 0 aliphatic rings. The minimum atomic E-state index is 0.317. The van der Waals surface area contributed by atoms with E-state index in [1.807, 2.05) is 0 Å². The maximum absolute atomic E-state index is 2.45. The summed E-state index contributed by atoms with van der Waals surface area (Å²) in [5.74, 6) is 0. The summed E-state index contributed by atoms with van der Waals surface area (Å²) in [7, 11) is 0. The van der Waals surface area contributed by atoms with Crippen LogP contribution in [0.4, 0.5) is 0 Å². The van der Waals surface area contributed by atoms with Gasteiger partial charge in [0, 0.05) is 3.57 Å². The van der Waals surface area contributed by atoms with E-state index in [0.29, 0.717) is 5.41 Å². The number of halogens is 1. The number of hydrogen-bond acceptors (Lipinski definition) is 0. The van der Waals surface area contributed by atoms with E-state index in [2.05, 4.69) is 68.5 Å². The van der Waals surface area contributed by atoms with Crippen LogP contribution in [-0.2, 0) is 5.41 Å². The average molecular weight is 386 g/mol. The molecule has 1 aromatic rings. The Hall–Kier alpha value is -0.0500. The number of benzene rings is 1. The van der Waals surface area contributed by atoms with Gasteiger partial charge in [0.25, 0.3) is 0 Å². The van der Waals surface area contributed by atoms with Crippen molar-refractivity contribution in [2.45, 2.75) is 84.5 Å². The van der Waals surface area contributed by atoms with Crippen LogP contribution in [0.2, 0.25) is 0 Å². The predicted octanol–water partition coefficient (Wildman–Crippen LogP) is 7.02. The van der Waals surface area contributed by atoms with Crippen LogP contribution in [0, 0.1) is 10.5 Å². The zero-order valence-corrected chi connectivity index (χ0v) is 15.9. The zero-order chi connectivity index (χ0) is 15.0. The van der Waals surface area contributed by atoms with E-state index < -0.39 is 0 Å². The standard InChI is InChI=1S/C19H31I/c1-5-6-7-8-9-10-11-14-19(3,4)17-13-12-16(2)18(20)15-17/h12-13,15H,5-11,14H2,1-4H3. The molecule has 0 N–H and O–H groups in total. The van der Waals surface area contributed by atoms with Crippen molar-refractivity contribution in [3.05, 3.63) is 32.9 Å². The van der Waals surface area contributed by atoms with Gasteiger partial charge >= 0.3 is 0 Å². The van der Waals surface area contributed by atoms with Crippen molar-refractivity contribution in [2.75, 3.05) is 0 Å². The maximum atomic E-state index is 2.45. The third kappa shape index (κ3) is 6.15. The highest BCUT2D eigenvalue weighted by molar-refractivity contribution is 14.1. The second-order valence-corrected chi connectivity index (χ2v) is 7.88. The molecule has 0 aliphatic carbocycles. The lowest BCUT2D eigenvalue weighted by atomic mass is 9.80. The van der Waals surface area contributed by atoms with Gasteiger partial charge in [-0.15, -0.1) is 0 Å². The molecule has 1 rings (SSSR count). The molecule has 1 aromatic carbocycles. The van der Waals surface area contributed by atoms with Gasteiger partial charge in [0.15, 0.2) is 0 Å². The first-order chi connectivity index (χ1) is 9.47. The molecular formula is C19H31I. The predicted molar refractivity (Wildman–Crippen MR) is 99.5 cm³/mol. The van der Waals surface area contributed by atoms with Gasteiger partial charge in [-0.25, -0.2) is 0 Å². The molecule has 114 valence electrons. The smallest absolute Gasteiger partial charge is 0.0162 e. The Morgan fingerprint density at radius 3 is 2.15 bits per heavy atom. The SMILES string of the molecule is CCCCCCCCCC(C)(C)c1ccc(C)c(I)c1. The quantitative estimate of drug-likeness (QED) is 0.316. The van der Waals surface area contributed by atoms with Crippen molar-refractivity contribution in [1.29, 1.82) is 0 Å². The van der Waals surface area contributed by atoms with E-state index in [1.165, 1.54) is 66.1 Å². The summed E-state index contributed by atoms with van der Waals surface area (Å²) in [6.07, 6.45) is 11.1. The molecule has 0 radical (unpaired) electrons. The monoisotopic (exact) mass is 386 g/mol. The van der Waals surface area contributed by atoms with Gasteiger partial charge in [-0.05, 0) is 58.5 Å². The van der Waals surface area contributed by atoms with Crippen LogP contribution in [0.3, 0.4) is 0 Å². The lowest BCUT2D eigenvalue weighted by molar-refractivity contribution is 0.441. The van der Waals surface area contributed by atoms with Crippen LogP contribution < -0.4 is 0 Å². The highest BCUT2D eigenvalue weighted by atomic mass is 127. The molecule has 0 saturated carbocycles. The third-order valence-corrected chi connectivity index (χ3v) is 5.52. The van der Waals surface area contributed by atoms with Crippen molar-refractivity contribution in [1.82, 2.24) is 0 Å². The molecule has 0 spiro atoms. The summed E-state index contributed by atoms with van der Waals surface area (Å²) >= 11 is 2.45. The molecule has 0 bridgehead atoms. The Bertz CT molecular complexity index is 393. The minimum Gasteiger partial charge on any atom is -0.0654 e. The largest absolute Gasteiger partial charge is 0.0654 e. The van der Waals surface area contributed by atoms with Gasteiger partial charge in [0.1, 0.15) is 0 Å². The van der Waals surface area contributed by atoms with Crippen LogP contribution in [0.5, 0.6) is 0 Å². The lowest BCUT2D eigenvalue weighted by Crippen LogP contribution is -2.17. The molecule has 0 saturated heterocycles. The highest BCUT2D eigenvalue weighted by Gasteiger charge is 2.20. The summed E-state index contributed by atoms with van der Waals surface area (Å²) in [5, 5.41) is 0. The normalized spacial score (nSPS) is 11.8. The first-order valence-corrected chi connectivity index (χ1v) is 9.32. The molecule has 0 fully saturated rings. The molecule has 0 aliphatic heterocycles. The van der Waals surface area contributed by atoms with Crippen molar-refractivity contribution in [2.24, 2.45) is 0 Å². The molecule has 0 aromatic heterocycles. The van der Waals surface area contributed by atoms with Gasteiger partial charge in [-0.1, -0.05) is 77.8 Å². The van der Waals surface area contributed by atoms with E-state index in [-0.39, 0.29) is 0 Å². The fraction of sp³-hybridized carbons (Fsp3) is 0.684. The van der Waals surface area contributed by atoms with Gasteiger partial charge < -0.3 is 0 Å². The Balaban J connectivity index is 2.35. The Labute approximate surface area is 139 Å². The van der Waals surface area contributed by atoms with Gasteiger partial charge in [-0.3, -0.25) is 0 Å². The molecular weight excluding hydrogens is 355 g/mol. The van der Waals surface area contributed by atoms with Gasteiger partial charge in [0.05, 0.1) is 0 Å². The summed E-state index contributed by atoms with van der Waals surface area (Å²) in [6.45, 7) is 9.26. The van der Waals surface area contributed by atoms with Crippen LogP contribution in [0.1, 0.15) is 83.3 Å². The van der Waals surface area contributed by atoms with Crippen molar-refractivity contribution in [3.63, 3.8) is 0 Å². The average Bonchev–Trinajstić information content (AvgIpc) is 2.40. The summed E-state index contributed by atoms with van der Waals surface area (Å²) in [4.78, 5) is 0. The Morgan fingerprint density at radius 2 is 1.55 bits per heavy atom. The van der Waals surface area contributed by atoms with Crippen LogP contribution >= 0.6 is 22.6 Å². The van der Waals surface area contributed by atoms with Gasteiger partial charge in [0.2, 0.25) is 0 Å². The van der Waals surface area contributed by atoms with Crippen molar-refractivity contribution >= 4 is 22.6 Å². The van der Waals surface area contributed by atoms with E-state index in [9.17, 15) is 0 Å². The second-order valence-electron chi connectivity index (χ2n) is 6.72. The summed E-state index contributed by atoms with van der Waals surface area (Å²) in [5.41, 5.74) is 3.20. The van der Waals surface area contributed by atoms with E-state index in [4.69, 9.17) is 0 Å². The molecule has 0 heterocycles. The van der Waals surface area contributed by atoms with Crippen LogP contribution in [-0.4, -0.2) is 0 Å². The lowest BCUT2D eigenvalue weighted by Gasteiger charge is -2.26. The third-order valence-electron chi connectivity index (χ3n) is 4.36. The topological polar surface area (TPSA) is 0 Å². The fourth-order valence-corrected chi connectivity index (χ4v) is 3.20. The van der Waals surface area contributed by atoms with E-state index >= 15 is 0 Å². The molecule has 20 heavy (non-hydrogen) atoms. The van der Waals surface area contributed by atoms with Crippen molar-refractivity contribution < 1.29 is 0 Å². The number of rotatable bonds is 9. The fourth-order valence-electron chi connectivity index (χ4n) is 2.68. The molecule has 0 nitrogen and oxygen atoms in total. The summed E-state index contributed by atoms with van der Waals surface area (Å²) in [6, 6.07) is 6.96. The van der Waals surface area contributed by atoms with E-state index in [1.54, 1.807) is 0 Å².